The van der Waals surface area contributed by atoms with Gasteiger partial charge in [-0.15, -0.1) is 0 Å². The summed E-state index contributed by atoms with van der Waals surface area (Å²) in [5, 5.41) is 3.15. The second kappa shape index (κ2) is 8.73. The molecule has 144 valence electrons. The number of hydrogen-bond donors (Lipinski definition) is 1. The molecule has 0 spiro atoms. The number of carbonyl (C=O) groups excluding carboxylic acids is 2. The monoisotopic (exact) mass is 402 g/mol. The van der Waals surface area contributed by atoms with Crippen LogP contribution in [0.1, 0.15) is 18.9 Å². The molecule has 0 bridgehead atoms. The molecule has 1 heterocycles. The molecule has 1 aliphatic heterocycles. The van der Waals surface area contributed by atoms with E-state index in [0.717, 1.165) is 5.56 Å². The van der Waals surface area contributed by atoms with Crippen molar-refractivity contribution in [2.45, 2.75) is 25.8 Å². The zero-order chi connectivity index (χ0) is 19.3. The van der Waals surface area contributed by atoms with Gasteiger partial charge < -0.3 is 15.0 Å². The molecule has 1 unspecified atom stereocenters. The molecule has 0 aromatic heterocycles. The summed E-state index contributed by atoms with van der Waals surface area (Å²) in [4.78, 5) is 25.9. The van der Waals surface area contributed by atoms with Crippen LogP contribution in [0.25, 0.3) is 0 Å². The molecule has 7 nitrogen and oxygen atoms in total. The van der Waals surface area contributed by atoms with Gasteiger partial charge in [-0.25, -0.2) is 8.42 Å². The molecule has 1 aliphatic rings. The van der Waals surface area contributed by atoms with Gasteiger partial charge in [0.15, 0.2) is 9.84 Å². The van der Waals surface area contributed by atoms with Gasteiger partial charge in [0, 0.05) is 19.5 Å². The molecule has 26 heavy (non-hydrogen) atoms. The van der Waals surface area contributed by atoms with E-state index in [0.29, 0.717) is 17.2 Å². The molecule has 1 aromatic carbocycles. The number of nitrogens with one attached hydrogen (secondary N) is 1. The van der Waals surface area contributed by atoms with E-state index in [1.807, 2.05) is 6.07 Å². The summed E-state index contributed by atoms with van der Waals surface area (Å²) in [6, 6.07) is 4.63. The molecule has 1 aromatic rings. The standard InChI is InChI=1S/C17H23ClN2O5S/c1-12(17(22)20-7-9-26(23,24)10-8-20)19-16(21)6-4-13-3-5-15(25-2)14(18)11-13/h3,5,11-12H,4,6-10H2,1-2H3,(H,19,21). The fraction of sp³-hybridized carbons (Fsp3) is 0.529. The van der Waals surface area contributed by atoms with Gasteiger partial charge in [-0.05, 0) is 31.0 Å². The summed E-state index contributed by atoms with van der Waals surface area (Å²) in [5.74, 6) is 0.000675. The molecule has 1 atom stereocenters. The van der Waals surface area contributed by atoms with E-state index in [9.17, 15) is 18.0 Å². The first kappa shape index (κ1) is 20.5. The zero-order valence-electron chi connectivity index (χ0n) is 14.8. The molecule has 2 amide bonds. The molecule has 1 N–H and O–H groups in total. The predicted octanol–water partition coefficient (Wildman–Crippen LogP) is 1.04. The number of benzene rings is 1. The number of carbonyl (C=O) groups is 2. The van der Waals surface area contributed by atoms with Crippen LogP contribution in [-0.2, 0) is 25.8 Å². The van der Waals surface area contributed by atoms with Gasteiger partial charge in [-0.3, -0.25) is 9.59 Å². The Balaban J connectivity index is 1.81. The molecule has 2 rings (SSSR count). The van der Waals surface area contributed by atoms with E-state index in [-0.39, 0.29) is 42.8 Å². The van der Waals surface area contributed by atoms with Crippen LogP contribution >= 0.6 is 11.6 Å². The maximum atomic E-state index is 12.3. The Labute approximate surface area is 158 Å². The van der Waals surface area contributed by atoms with Crippen LogP contribution in [0.2, 0.25) is 5.02 Å². The van der Waals surface area contributed by atoms with E-state index in [1.54, 1.807) is 19.1 Å². The zero-order valence-corrected chi connectivity index (χ0v) is 16.4. The van der Waals surface area contributed by atoms with Crippen LogP contribution in [0.3, 0.4) is 0 Å². The van der Waals surface area contributed by atoms with E-state index < -0.39 is 15.9 Å². The first-order valence-electron chi connectivity index (χ1n) is 8.33. The fourth-order valence-electron chi connectivity index (χ4n) is 2.71. The number of aryl methyl sites for hydroxylation is 1. The number of hydrogen-bond acceptors (Lipinski definition) is 5. The van der Waals surface area contributed by atoms with Crippen molar-refractivity contribution in [2.24, 2.45) is 0 Å². The Hall–Kier alpha value is -1.80. The van der Waals surface area contributed by atoms with Crippen LogP contribution in [0.5, 0.6) is 5.75 Å². The Morgan fingerprint density at radius 1 is 1.31 bits per heavy atom. The average molecular weight is 403 g/mol. The van der Waals surface area contributed by atoms with Crippen molar-refractivity contribution >= 4 is 33.3 Å². The van der Waals surface area contributed by atoms with Crippen molar-refractivity contribution in [3.63, 3.8) is 0 Å². The van der Waals surface area contributed by atoms with Crippen molar-refractivity contribution in [1.29, 1.82) is 0 Å². The van der Waals surface area contributed by atoms with Crippen molar-refractivity contribution in [3.8, 4) is 5.75 Å². The summed E-state index contributed by atoms with van der Waals surface area (Å²) in [6.07, 6.45) is 0.701. The summed E-state index contributed by atoms with van der Waals surface area (Å²) in [7, 11) is -1.51. The summed E-state index contributed by atoms with van der Waals surface area (Å²) in [5.41, 5.74) is 0.895. The first-order valence-corrected chi connectivity index (χ1v) is 10.5. The molecular weight excluding hydrogens is 380 g/mol. The maximum absolute atomic E-state index is 12.3. The number of methoxy groups -OCH3 is 1. The Morgan fingerprint density at radius 2 is 1.96 bits per heavy atom. The van der Waals surface area contributed by atoms with Crippen LogP contribution in [0.4, 0.5) is 0 Å². The van der Waals surface area contributed by atoms with Crippen LogP contribution in [0, 0.1) is 0 Å². The Kier molecular flexibility index (Phi) is 6.88. The minimum absolute atomic E-state index is 0.0301. The highest BCUT2D eigenvalue weighted by atomic mass is 35.5. The van der Waals surface area contributed by atoms with Gasteiger partial charge in [0.1, 0.15) is 11.8 Å². The molecule has 1 fully saturated rings. The maximum Gasteiger partial charge on any atom is 0.244 e. The molecule has 0 aliphatic carbocycles. The highest BCUT2D eigenvalue weighted by molar-refractivity contribution is 7.91. The van der Waals surface area contributed by atoms with Crippen molar-refractivity contribution in [1.82, 2.24) is 10.2 Å². The van der Waals surface area contributed by atoms with Gasteiger partial charge >= 0.3 is 0 Å². The van der Waals surface area contributed by atoms with E-state index in [2.05, 4.69) is 5.32 Å². The number of rotatable bonds is 6. The smallest absolute Gasteiger partial charge is 0.244 e. The molecule has 9 heteroatoms. The van der Waals surface area contributed by atoms with Gasteiger partial charge in [0.25, 0.3) is 0 Å². The Bertz CT molecular complexity index is 767. The third-order valence-corrected chi connectivity index (χ3v) is 6.17. The predicted molar refractivity (Wildman–Crippen MR) is 99.2 cm³/mol. The lowest BCUT2D eigenvalue weighted by Gasteiger charge is -2.29. The lowest BCUT2D eigenvalue weighted by Crippen LogP contribution is -2.51. The molecular formula is C17H23ClN2O5S. The van der Waals surface area contributed by atoms with E-state index >= 15 is 0 Å². The second-order valence-electron chi connectivity index (χ2n) is 6.24. The molecule has 0 saturated carbocycles. The highest BCUT2D eigenvalue weighted by Gasteiger charge is 2.28. The highest BCUT2D eigenvalue weighted by Crippen LogP contribution is 2.25. The SMILES string of the molecule is COc1ccc(CCC(=O)NC(C)C(=O)N2CCS(=O)(=O)CC2)cc1Cl. The van der Waals surface area contributed by atoms with Gasteiger partial charge in [0.05, 0.1) is 23.6 Å². The lowest BCUT2D eigenvalue weighted by molar-refractivity contribution is -0.135. The topological polar surface area (TPSA) is 92.8 Å². The molecule has 1 saturated heterocycles. The first-order chi connectivity index (χ1) is 12.2. The minimum atomic E-state index is -3.05. The Morgan fingerprint density at radius 3 is 2.54 bits per heavy atom. The minimum Gasteiger partial charge on any atom is -0.495 e. The second-order valence-corrected chi connectivity index (χ2v) is 8.95. The lowest BCUT2D eigenvalue weighted by atomic mass is 10.1. The third-order valence-electron chi connectivity index (χ3n) is 4.26. The largest absolute Gasteiger partial charge is 0.495 e. The van der Waals surface area contributed by atoms with E-state index in [4.69, 9.17) is 16.3 Å². The summed E-state index contributed by atoms with van der Waals surface area (Å²) < 4.78 is 27.9. The quantitative estimate of drug-likeness (QED) is 0.767. The number of amides is 2. The fourth-order valence-corrected chi connectivity index (χ4v) is 4.19. The van der Waals surface area contributed by atoms with Crippen molar-refractivity contribution in [3.05, 3.63) is 28.8 Å². The third kappa shape index (κ3) is 5.60. The van der Waals surface area contributed by atoms with Crippen molar-refractivity contribution in [2.75, 3.05) is 31.7 Å². The van der Waals surface area contributed by atoms with Crippen LogP contribution < -0.4 is 10.1 Å². The number of ether oxygens (including phenoxy) is 1. The molecule has 0 radical (unpaired) electrons. The van der Waals surface area contributed by atoms with Gasteiger partial charge in [-0.2, -0.15) is 0 Å². The van der Waals surface area contributed by atoms with Crippen molar-refractivity contribution < 1.29 is 22.7 Å². The summed E-state index contributed by atoms with van der Waals surface area (Å²) in [6.45, 7) is 1.95. The van der Waals surface area contributed by atoms with E-state index in [1.165, 1.54) is 12.0 Å². The van der Waals surface area contributed by atoms with Gasteiger partial charge in [0.2, 0.25) is 11.8 Å². The van der Waals surface area contributed by atoms with Crippen LogP contribution in [0.15, 0.2) is 18.2 Å². The normalized spacial score (nSPS) is 17.4. The number of nitrogens with zero attached hydrogens (tertiary/aromatic N) is 1. The number of halogens is 1. The number of sulfone groups is 1. The van der Waals surface area contributed by atoms with Gasteiger partial charge in [-0.1, -0.05) is 17.7 Å². The summed E-state index contributed by atoms with van der Waals surface area (Å²) >= 11 is 6.06. The van der Waals surface area contributed by atoms with Crippen LogP contribution in [-0.4, -0.2) is 62.9 Å². The average Bonchev–Trinajstić information content (AvgIpc) is 2.59.